The number of hydrogen-bond donors (Lipinski definition) is 2. The van der Waals surface area contributed by atoms with Crippen molar-refractivity contribution in [2.75, 3.05) is 18.4 Å². The first kappa shape index (κ1) is 13.2. The normalized spacial score (nSPS) is 14.7. The van der Waals surface area contributed by atoms with Crippen LogP contribution in [-0.2, 0) is 4.79 Å². The summed E-state index contributed by atoms with van der Waals surface area (Å²) in [4.78, 5) is 21.5. The molecule has 0 radical (unpaired) electrons. The Hall–Kier alpha value is -2.21. The standard InChI is InChI=1S/C13H15N3O3/c1-9(17)15-13-8-11(16(18)19)2-3-12(13)10-4-6-14-7-5-10/h2-4,8,14H,5-7H2,1H3,(H,15,17). The van der Waals surface area contributed by atoms with Crippen LogP contribution in [0.3, 0.4) is 0 Å². The van der Waals surface area contributed by atoms with Crippen molar-refractivity contribution in [1.82, 2.24) is 5.32 Å². The molecular weight excluding hydrogens is 246 g/mol. The van der Waals surface area contributed by atoms with E-state index in [2.05, 4.69) is 10.6 Å². The lowest BCUT2D eigenvalue weighted by Gasteiger charge is -2.17. The predicted molar refractivity (Wildman–Crippen MR) is 72.9 cm³/mol. The number of hydrogen-bond acceptors (Lipinski definition) is 4. The van der Waals surface area contributed by atoms with Crippen molar-refractivity contribution in [3.63, 3.8) is 0 Å². The van der Waals surface area contributed by atoms with Crippen molar-refractivity contribution >= 4 is 22.9 Å². The molecule has 1 aromatic rings. The zero-order chi connectivity index (χ0) is 13.8. The lowest BCUT2D eigenvalue weighted by molar-refractivity contribution is -0.384. The summed E-state index contributed by atoms with van der Waals surface area (Å²) >= 11 is 0. The minimum absolute atomic E-state index is 0.0259. The summed E-state index contributed by atoms with van der Waals surface area (Å²) < 4.78 is 0. The number of non-ortho nitro benzene ring substituents is 1. The van der Waals surface area contributed by atoms with Gasteiger partial charge in [0, 0.05) is 31.2 Å². The fourth-order valence-corrected chi connectivity index (χ4v) is 2.09. The Bertz CT molecular complexity index is 552. The number of anilines is 1. The number of nitrogens with one attached hydrogen (secondary N) is 2. The minimum atomic E-state index is -0.466. The molecule has 1 aliphatic rings. The molecule has 0 unspecified atom stereocenters. The van der Waals surface area contributed by atoms with Crippen LogP contribution in [0, 0.1) is 10.1 Å². The number of rotatable bonds is 3. The van der Waals surface area contributed by atoms with Gasteiger partial charge in [-0.3, -0.25) is 14.9 Å². The van der Waals surface area contributed by atoms with Gasteiger partial charge in [0.25, 0.3) is 5.69 Å². The Kier molecular flexibility index (Phi) is 3.91. The summed E-state index contributed by atoms with van der Waals surface area (Å²) in [5, 5.41) is 16.7. The quantitative estimate of drug-likeness (QED) is 0.643. The number of amides is 1. The highest BCUT2D eigenvalue weighted by molar-refractivity contribution is 5.93. The van der Waals surface area contributed by atoms with E-state index in [0.29, 0.717) is 5.69 Å². The maximum atomic E-state index is 11.2. The third-order valence-corrected chi connectivity index (χ3v) is 2.93. The second-order valence-corrected chi connectivity index (χ2v) is 4.35. The average molecular weight is 261 g/mol. The van der Waals surface area contributed by atoms with Gasteiger partial charge in [0.1, 0.15) is 0 Å². The Balaban J connectivity index is 2.43. The SMILES string of the molecule is CC(=O)Nc1cc([N+](=O)[O-])ccc1C1=CCNCC1. The van der Waals surface area contributed by atoms with Crippen molar-refractivity contribution in [1.29, 1.82) is 0 Å². The Labute approximate surface area is 110 Å². The van der Waals surface area contributed by atoms with Gasteiger partial charge < -0.3 is 10.6 Å². The molecule has 0 spiro atoms. The number of carbonyl (C=O) groups excluding carboxylic acids is 1. The van der Waals surface area contributed by atoms with Gasteiger partial charge in [0.2, 0.25) is 5.91 Å². The molecule has 0 aromatic heterocycles. The van der Waals surface area contributed by atoms with Gasteiger partial charge in [-0.25, -0.2) is 0 Å². The lowest BCUT2D eigenvalue weighted by atomic mass is 9.98. The van der Waals surface area contributed by atoms with Gasteiger partial charge in [-0.1, -0.05) is 6.08 Å². The van der Waals surface area contributed by atoms with E-state index >= 15 is 0 Å². The molecule has 0 atom stereocenters. The summed E-state index contributed by atoms with van der Waals surface area (Å²) in [7, 11) is 0. The van der Waals surface area contributed by atoms with Crippen molar-refractivity contribution in [2.24, 2.45) is 0 Å². The number of carbonyl (C=O) groups is 1. The van der Waals surface area contributed by atoms with Crippen LogP contribution in [0.5, 0.6) is 0 Å². The highest BCUT2D eigenvalue weighted by Crippen LogP contribution is 2.30. The lowest BCUT2D eigenvalue weighted by Crippen LogP contribution is -2.20. The van der Waals surface area contributed by atoms with E-state index in [9.17, 15) is 14.9 Å². The molecule has 1 aromatic carbocycles. The van der Waals surface area contributed by atoms with Gasteiger partial charge in [-0.2, -0.15) is 0 Å². The van der Waals surface area contributed by atoms with Gasteiger partial charge >= 0.3 is 0 Å². The molecule has 100 valence electrons. The summed E-state index contributed by atoms with van der Waals surface area (Å²) in [5.74, 6) is -0.240. The summed E-state index contributed by atoms with van der Waals surface area (Å²) in [6.07, 6.45) is 2.88. The average Bonchev–Trinajstić information content (AvgIpc) is 2.39. The van der Waals surface area contributed by atoms with Crippen molar-refractivity contribution in [2.45, 2.75) is 13.3 Å². The second-order valence-electron chi connectivity index (χ2n) is 4.35. The zero-order valence-electron chi connectivity index (χ0n) is 10.6. The third kappa shape index (κ3) is 3.17. The maximum absolute atomic E-state index is 11.2. The third-order valence-electron chi connectivity index (χ3n) is 2.93. The van der Waals surface area contributed by atoms with E-state index in [4.69, 9.17) is 0 Å². The molecule has 1 heterocycles. The molecule has 0 saturated heterocycles. The van der Waals surface area contributed by atoms with Crippen LogP contribution in [0.2, 0.25) is 0 Å². The van der Waals surface area contributed by atoms with Gasteiger partial charge in [-0.15, -0.1) is 0 Å². The summed E-state index contributed by atoms with van der Waals surface area (Å²) in [6.45, 7) is 3.02. The number of benzene rings is 1. The first-order chi connectivity index (χ1) is 9.08. The molecule has 0 saturated carbocycles. The molecule has 19 heavy (non-hydrogen) atoms. The molecule has 2 N–H and O–H groups in total. The number of nitro benzene ring substituents is 1. The van der Waals surface area contributed by atoms with Crippen molar-refractivity contribution in [3.8, 4) is 0 Å². The van der Waals surface area contributed by atoms with Gasteiger partial charge in [0.15, 0.2) is 0 Å². The largest absolute Gasteiger partial charge is 0.326 e. The van der Waals surface area contributed by atoms with E-state index in [1.165, 1.54) is 19.1 Å². The first-order valence-corrected chi connectivity index (χ1v) is 6.04. The maximum Gasteiger partial charge on any atom is 0.271 e. The molecule has 0 bridgehead atoms. The highest BCUT2D eigenvalue weighted by Gasteiger charge is 2.15. The molecule has 0 fully saturated rings. The summed E-state index contributed by atoms with van der Waals surface area (Å²) in [5.41, 5.74) is 2.41. The number of nitro groups is 1. The van der Waals surface area contributed by atoms with E-state index in [1.807, 2.05) is 6.08 Å². The monoisotopic (exact) mass is 261 g/mol. The molecule has 6 heteroatoms. The van der Waals surface area contributed by atoms with Crippen LogP contribution >= 0.6 is 0 Å². The molecule has 0 aliphatic carbocycles. The molecule has 1 amide bonds. The minimum Gasteiger partial charge on any atom is -0.326 e. The van der Waals surface area contributed by atoms with E-state index in [1.54, 1.807) is 6.07 Å². The van der Waals surface area contributed by atoms with Crippen LogP contribution in [-0.4, -0.2) is 23.9 Å². The highest BCUT2D eigenvalue weighted by atomic mass is 16.6. The zero-order valence-corrected chi connectivity index (χ0v) is 10.6. The van der Waals surface area contributed by atoms with E-state index < -0.39 is 4.92 Å². The molecule has 6 nitrogen and oxygen atoms in total. The van der Waals surface area contributed by atoms with E-state index in [-0.39, 0.29) is 11.6 Å². The first-order valence-electron chi connectivity index (χ1n) is 6.04. The van der Waals surface area contributed by atoms with Gasteiger partial charge in [-0.05, 0) is 24.6 Å². The van der Waals surface area contributed by atoms with Crippen LogP contribution in [0.4, 0.5) is 11.4 Å². The molecule has 2 rings (SSSR count). The number of nitrogens with zero attached hydrogens (tertiary/aromatic N) is 1. The van der Waals surface area contributed by atoms with Crippen LogP contribution in [0.1, 0.15) is 18.9 Å². The fraction of sp³-hybridized carbons (Fsp3) is 0.308. The fourth-order valence-electron chi connectivity index (χ4n) is 2.09. The van der Waals surface area contributed by atoms with Crippen LogP contribution in [0.25, 0.3) is 5.57 Å². The van der Waals surface area contributed by atoms with E-state index in [0.717, 1.165) is 30.6 Å². The van der Waals surface area contributed by atoms with Gasteiger partial charge in [0.05, 0.1) is 10.6 Å². The molecule has 1 aliphatic heterocycles. The van der Waals surface area contributed by atoms with Crippen LogP contribution < -0.4 is 10.6 Å². The topological polar surface area (TPSA) is 84.3 Å². The van der Waals surface area contributed by atoms with Crippen LogP contribution in [0.15, 0.2) is 24.3 Å². The summed E-state index contributed by atoms with van der Waals surface area (Å²) in [6, 6.07) is 4.56. The predicted octanol–water partition coefficient (Wildman–Crippen LogP) is 1.93. The van der Waals surface area contributed by atoms with Crippen molar-refractivity contribution < 1.29 is 9.72 Å². The van der Waals surface area contributed by atoms with Crippen molar-refractivity contribution in [3.05, 3.63) is 40.0 Å². The Morgan fingerprint density at radius 3 is 2.84 bits per heavy atom. The second kappa shape index (κ2) is 5.62. The Morgan fingerprint density at radius 2 is 2.26 bits per heavy atom. The Morgan fingerprint density at radius 1 is 1.47 bits per heavy atom. The molecular formula is C13H15N3O3. The smallest absolute Gasteiger partial charge is 0.271 e.